The van der Waals surface area contributed by atoms with Crippen molar-refractivity contribution in [1.82, 2.24) is 0 Å². The number of hydrogen-bond donors (Lipinski definition) is 0. The van der Waals surface area contributed by atoms with E-state index in [4.69, 9.17) is 11.6 Å². The van der Waals surface area contributed by atoms with E-state index in [1.165, 1.54) is 0 Å². The molecule has 0 aliphatic heterocycles. The molecule has 1 unspecified atom stereocenters. The maximum Gasteiger partial charge on any atom is 0.142 e. The molecule has 0 saturated carbocycles. The van der Waals surface area contributed by atoms with E-state index in [0.717, 1.165) is 5.56 Å². The molecule has 16 heavy (non-hydrogen) atoms. The van der Waals surface area contributed by atoms with E-state index in [-0.39, 0.29) is 5.82 Å². The SMILES string of the molecule is Fc1c(Br)cccc1C(Cl)c1ccccc1. The molecule has 0 aliphatic carbocycles. The van der Waals surface area contributed by atoms with Crippen LogP contribution in [0.15, 0.2) is 53.0 Å². The molecule has 2 aromatic carbocycles. The fraction of sp³-hybridized carbons (Fsp3) is 0.0769. The van der Waals surface area contributed by atoms with Crippen LogP contribution in [0.5, 0.6) is 0 Å². The van der Waals surface area contributed by atoms with Crippen LogP contribution in [-0.2, 0) is 0 Å². The Morgan fingerprint density at radius 3 is 2.38 bits per heavy atom. The maximum absolute atomic E-state index is 13.8. The Morgan fingerprint density at radius 2 is 1.69 bits per heavy atom. The molecule has 82 valence electrons. The van der Waals surface area contributed by atoms with E-state index >= 15 is 0 Å². The van der Waals surface area contributed by atoms with Gasteiger partial charge in [0.2, 0.25) is 0 Å². The molecule has 2 rings (SSSR count). The summed E-state index contributed by atoms with van der Waals surface area (Å²) in [6, 6.07) is 14.6. The largest absolute Gasteiger partial charge is 0.205 e. The molecule has 0 fully saturated rings. The normalized spacial score (nSPS) is 12.4. The highest BCUT2D eigenvalue weighted by molar-refractivity contribution is 9.10. The van der Waals surface area contributed by atoms with Crippen LogP contribution in [0.3, 0.4) is 0 Å². The van der Waals surface area contributed by atoms with E-state index in [9.17, 15) is 4.39 Å². The summed E-state index contributed by atoms with van der Waals surface area (Å²) in [5.41, 5.74) is 1.38. The van der Waals surface area contributed by atoms with Gasteiger partial charge in [0, 0.05) is 5.56 Å². The van der Waals surface area contributed by atoms with Crippen molar-refractivity contribution < 1.29 is 4.39 Å². The van der Waals surface area contributed by atoms with Crippen molar-refractivity contribution in [3.8, 4) is 0 Å². The van der Waals surface area contributed by atoms with E-state index in [2.05, 4.69) is 15.9 Å². The third kappa shape index (κ3) is 2.28. The number of benzene rings is 2. The lowest BCUT2D eigenvalue weighted by Crippen LogP contribution is -1.97. The molecule has 1 atom stereocenters. The molecule has 0 saturated heterocycles. The second-order valence-electron chi connectivity index (χ2n) is 3.42. The Labute approximate surface area is 107 Å². The van der Waals surface area contributed by atoms with Crippen LogP contribution < -0.4 is 0 Å². The molecular weight excluding hydrogens is 290 g/mol. The molecular formula is C13H9BrClF. The number of rotatable bonds is 2. The fourth-order valence-corrected chi connectivity index (χ4v) is 2.21. The van der Waals surface area contributed by atoms with Gasteiger partial charge in [-0.2, -0.15) is 0 Å². The summed E-state index contributed by atoms with van der Waals surface area (Å²) in [6.07, 6.45) is 0. The second-order valence-corrected chi connectivity index (χ2v) is 4.71. The van der Waals surface area contributed by atoms with Gasteiger partial charge in [0.05, 0.1) is 9.85 Å². The first-order chi connectivity index (χ1) is 7.70. The summed E-state index contributed by atoms with van der Waals surface area (Å²) in [7, 11) is 0. The second kappa shape index (κ2) is 4.98. The van der Waals surface area contributed by atoms with Gasteiger partial charge in [0.25, 0.3) is 0 Å². The van der Waals surface area contributed by atoms with Gasteiger partial charge >= 0.3 is 0 Å². The molecule has 0 N–H and O–H groups in total. The quantitative estimate of drug-likeness (QED) is 0.691. The fourth-order valence-electron chi connectivity index (χ4n) is 1.52. The van der Waals surface area contributed by atoms with Gasteiger partial charge in [0.1, 0.15) is 5.82 Å². The zero-order valence-electron chi connectivity index (χ0n) is 8.33. The van der Waals surface area contributed by atoms with Crippen LogP contribution in [-0.4, -0.2) is 0 Å². The van der Waals surface area contributed by atoms with E-state index < -0.39 is 5.38 Å². The van der Waals surface area contributed by atoms with Crippen molar-refractivity contribution in [3.63, 3.8) is 0 Å². The molecule has 0 aromatic heterocycles. The third-order valence-corrected chi connectivity index (χ3v) is 3.45. The highest BCUT2D eigenvalue weighted by atomic mass is 79.9. The van der Waals surface area contributed by atoms with Crippen molar-refractivity contribution in [2.75, 3.05) is 0 Å². The zero-order valence-corrected chi connectivity index (χ0v) is 10.7. The first-order valence-corrected chi connectivity index (χ1v) is 6.06. The molecule has 2 aromatic rings. The lowest BCUT2D eigenvalue weighted by Gasteiger charge is -2.11. The monoisotopic (exact) mass is 298 g/mol. The Bertz CT molecular complexity index is 485. The Kier molecular flexibility index (Phi) is 3.62. The minimum absolute atomic E-state index is 0.300. The summed E-state index contributed by atoms with van der Waals surface area (Å²) in [5, 5.41) is -0.460. The Hall–Kier alpha value is -0.860. The van der Waals surface area contributed by atoms with Gasteiger partial charge in [-0.3, -0.25) is 0 Å². The summed E-state index contributed by atoms with van der Waals surface area (Å²) >= 11 is 9.40. The summed E-state index contributed by atoms with van der Waals surface area (Å²) < 4.78 is 14.2. The highest BCUT2D eigenvalue weighted by Crippen LogP contribution is 2.32. The topological polar surface area (TPSA) is 0 Å². The first kappa shape index (κ1) is 11.6. The molecule has 3 heteroatoms. The van der Waals surface area contributed by atoms with Crippen molar-refractivity contribution >= 4 is 27.5 Å². The van der Waals surface area contributed by atoms with Crippen LogP contribution in [0, 0.1) is 5.82 Å². The predicted molar refractivity (Wildman–Crippen MR) is 68.2 cm³/mol. The van der Waals surface area contributed by atoms with Crippen LogP contribution >= 0.6 is 27.5 Å². The molecule has 0 amide bonds. The minimum atomic E-state index is -0.460. The first-order valence-electron chi connectivity index (χ1n) is 4.83. The van der Waals surface area contributed by atoms with Gasteiger partial charge in [-0.1, -0.05) is 42.5 Å². The molecule has 0 spiro atoms. The Morgan fingerprint density at radius 1 is 1.00 bits per heavy atom. The third-order valence-electron chi connectivity index (χ3n) is 2.35. The van der Waals surface area contributed by atoms with E-state index in [0.29, 0.717) is 10.0 Å². The van der Waals surface area contributed by atoms with Gasteiger partial charge in [-0.25, -0.2) is 4.39 Å². The number of alkyl halides is 1. The number of hydrogen-bond acceptors (Lipinski definition) is 0. The standard InChI is InChI=1S/C13H9BrClF/c14-11-8-4-7-10(13(11)16)12(15)9-5-2-1-3-6-9/h1-8,12H. The molecule has 0 nitrogen and oxygen atoms in total. The summed E-state index contributed by atoms with van der Waals surface area (Å²) in [5.74, 6) is -0.300. The minimum Gasteiger partial charge on any atom is -0.205 e. The molecule has 0 radical (unpaired) electrons. The van der Waals surface area contributed by atoms with Crippen LogP contribution in [0.25, 0.3) is 0 Å². The van der Waals surface area contributed by atoms with Gasteiger partial charge < -0.3 is 0 Å². The molecule has 0 bridgehead atoms. The lowest BCUT2D eigenvalue weighted by molar-refractivity contribution is 0.605. The average molecular weight is 300 g/mol. The smallest absolute Gasteiger partial charge is 0.142 e. The van der Waals surface area contributed by atoms with Crippen LogP contribution in [0.2, 0.25) is 0 Å². The highest BCUT2D eigenvalue weighted by Gasteiger charge is 2.16. The van der Waals surface area contributed by atoms with Crippen molar-refractivity contribution in [2.24, 2.45) is 0 Å². The zero-order chi connectivity index (χ0) is 11.5. The lowest BCUT2D eigenvalue weighted by atomic mass is 10.0. The van der Waals surface area contributed by atoms with E-state index in [1.54, 1.807) is 18.2 Å². The maximum atomic E-state index is 13.8. The van der Waals surface area contributed by atoms with Crippen LogP contribution in [0.1, 0.15) is 16.5 Å². The predicted octanol–water partition coefficient (Wildman–Crippen LogP) is 4.92. The van der Waals surface area contributed by atoms with Crippen LogP contribution in [0.4, 0.5) is 4.39 Å². The molecule has 0 heterocycles. The average Bonchev–Trinajstić information content (AvgIpc) is 2.33. The summed E-state index contributed by atoms with van der Waals surface area (Å²) in [6.45, 7) is 0. The summed E-state index contributed by atoms with van der Waals surface area (Å²) in [4.78, 5) is 0. The van der Waals surface area contributed by atoms with Crippen molar-refractivity contribution in [3.05, 3.63) is 69.9 Å². The molecule has 0 aliphatic rings. The number of halogens is 3. The van der Waals surface area contributed by atoms with Crippen molar-refractivity contribution in [2.45, 2.75) is 5.38 Å². The van der Waals surface area contributed by atoms with Gasteiger partial charge in [0.15, 0.2) is 0 Å². The van der Waals surface area contributed by atoms with Crippen molar-refractivity contribution in [1.29, 1.82) is 0 Å². The van der Waals surface area contributed by atoms with E-state index in [1.807, 2.05) is 30.3 Å². The Balaban J connectivity index is 2.42. The van der Waals surface area contributed by atoms with Gasteiger partial charge in [-0.05, 0) is 27.6 Å². The van der Waals surface area contributed by atoms with Gasteiger partial charge in [-0.15, -0.1) is 11.6 Å².